The SMILES string of the molecule is CCOCCN(CC)C1(CN)CCC(C)CC1C. The summed E-state index contributed by atoms with van der Waals surface area (Å²) in [5.74, 6) is 1.54. The van der Waals surface area contributed by atoms with E-state index in [1.807, 2.05) is 0 Å². The number of ether oxygens (including phenoxy) is 1. The molecule has 0 aliphatic heterocycles. The summed E-state index contributed by atoms with van der Waals surface area (Å²) in [6, 6.07) is 0. The van der Waals surface area contributed by atoms with Crippen LogP contribution in [-0.4, -0.2) is 43.3 Å². The maximum absolute atomic E-state index is 6.17. The first kappa shape index (κ1) is 15.9. The van der Waals surface area contributed by atoms with E-state index in [-0.39, 0.29) is 5.54 Å². The number of hydrogen-bond donors (Lipinski definition) is 1. The van der Waals surface area contributed by atoms with E-state index in [0.29, 0.717) is 5.92 Å². The zero-order valence-corrected chi connectivity index (χ0v) is 12.7. The highest BCUT2D eigenvalue weighted by Crippen LogP contribution is 2.40. The van der Waals surface area contributed by atoms with E-state index in [9.17, 15) is 0 Å². The summed E-state index contributed by atoms with van der Waals surface area (Å²) in [6.07, 6.45) is 3.86. The molecule has 0 saturated heterocycles. The van der Waals surface area contributed by atoms with Crippen molar-refractivity contribution in [2.45, 2.75) is 52.5 Å². The predicted octanol–water partition coefficient (Wildman–Crippen LogP) is 2.50. The molecule has 0 aromatic heterocycles. The van der Waals surface area contributed by atoms with Crippen molar-refractivity contribution in [3.05, 3.63) is 0 Å². The van der Waals surface area contributed by atoms with E-state index in [1.165, 1.54) is 19.3 Å². The van der Waals surface area contributed by atoms with Gasteiger partial charge in [-0.05, 0) is 44.6 Å². The van der Waals surface area contributed by atoms with Crippen LogP contribution >= 0.6 is 0 Å². The molecule has 0 radical (unpaired) electrons. The van der Waals surface area contributed by atoms with Crippen LogP contribution in [0, 0.1) is 11.8 Å². The molecule has 0 heterocycles. The van der Waals surface area contributed by atoms with Crippen LogP contribution in [0.5, 0.6) is 0 Å². The highest BCUT2D eigenvalue weighted by atomic mass is 16.5. The topological polar surface area (TPSA) is 38.5 Å². The number of nitrogens with zero attached hydrogens (tertiary/aromatic N) is 1. The molecule has 1 fully saturated rings. The van der Waals surface area contributed by atoms with Crippen LogP contribution in [0.15, 0.2) is 0 Å². The molecule has 3 atom stereocenters. The van der Waals surface area contributed by atoms with Crippen molar-refractivity contribution in [3.8, 4) is 0 Å². The molecule has 3 nitrogen and oxygen atoms in total. The fourth-order valence-corrected chi connectivity index (χ4v) is 3.60. The Morgan fingerprint density at radius 3 is 2.56 bits per heavy atom. The monoisotopic (exact) mass is 256 g/mol. The van der Waals surface area contributed by atoms with Gasteiger partial charge in [0.2, 0.25) is 0 Å². The fraction of sp³-hybridized carbons (Fsp3) is 1.00. The molecular formula is C15H32N2O. The predicted molar refractivity (Wildman–Crippen MR) is 77.7 cm³/mol. The zero-order chi connectivity index (χ0) is 13.6. The lowest BCUT2D eigenvalue weighted by molar-refractivity contribution is -0.0140. The quantitative estimate of drug-likeness (QED) is 0.711. The van der Waals surface area contributed by atoms with E-state index >= 15 is 0 Å². The molecule has 0 aromatic rings. The number of nitrogens with two attached hydrogens (primary N) is 1. The Balaban J connectivity index is 2.70. The minimum absolute atomic E-state index is 0.207. The summed E-state index contributed by atoms with van der Waals surface area (Å²) in [5.41, 5.74) is 6.38. The van der Waals surface area contributed by atoms with Crippen molar-refractivity contribution in [1.82, 2.24) is 4.90 Å². The molecule has 0 spiro atoms. The average molecular weight is 256 g/mol. The van der Waals surface area contributed by atoms with Crippen molar-refractivity contribution in [1.29, 1.82) is 0 Å². The van der Waals surface area contributed by atoms with Crippen LogP contribution in [0.25, 0.3) is 0 Å². The Morgan fingerprint density at radius 1 is 1.33 bits per heavy atom. The highest BCUT2D eigenvalue weighted by Gasteiger charge is 2.42. The Morgan fingerprint density at radius 2 is 2.06 bits per heavy atom. The van der Waals surface area contributed by atoms with Crippen molar-refractivity contribution < 1.29 is 4.74 Å². The molecule has 3 heteroatoms. The Labute approximate surface area is 113 Å². The third-order valence-corrected chi connectivity index (χ3v) is 4.82. The molecule has 1 saturated carbocycles. The molecule has 3 unspecified atom stereocenters. The molecule has 0 amide bonds. The minimum Gasteiger partial charge on any atom is -0.380 e. The number of hydrogen-bond acceptors (Lipinski definition) is 3. The highest BCUT2D eigenvalue weighted by molar-refractivity contribution is 4.99. The van der Waals surface area contributed by atoms with Crippen LogP contribution in [0.1, 0.15) is 47.0 Å². The Kier molecular flexibility index (Phi) is 6.61. The fourth-order valence-electron chi connectivity index (χ4n) is 3.60. The molecule has 0 aromatic carbocycles. The second-order valence-corrected chi connectivity index (χ2v) is 5.86. The van der Waals surface area contributed by atoms with Gasteiger partial charge in [-0.2, -0.15) is 0 Å². The van der Waals surface area contributed by atoms with Crippen molar-refractivity contribution in [3.63, 3.8) is 0 Å². The molecule has 1 aliphatic rings. The standard InChI is InChI=1S/C15H32N2O/c1-5-17(9-10-18-6-2)15(12-16)8-7-13(3)11-14(15)4/h13-14H,5-12,16H2,1-4H3. The third-order valence-electron chi connectivity index (χ3n) is 4.82. The maximum Gasteiger partial charge on any atom is 0.0593 e. The van der Waals surface area contributed by atoms with Crippen LogP contribution in [0.3, 0.4) is 0 Å². The van der Waals surface area contributed by atoms with Gasteiger partial charge in [-0.1, -0.05) is 20.8 Å². The molecule has 0 bridgehead atoms. The Bertz CT molecular complexity index is 235. The van der Waals surface area contributed by atoms with E-state index in [4.69, 9.17) is 10.5 Å². The van der Waals surface area contributed by atoms with Gasteiger partial charge in [-0.3, -0.25) is 4.90 Å². The molecule has 1 aliphatic carbocycles. The van der Waals surface area contributed by atoms with Gasteiger partial charge < -0.3 is 10.5 Å². The third kappa shape index (κ3) is 3.46. The van der Waals surface area contributed by atoms with E-state index in [2.05, 4.69) is 32.6 Å². The molecule has 18 heavy (non-hydrogen) atoms. The molecule has 108 valence electrons. The summed E-state index contributed by atoms with van der Waals surface area (Å²) >= 11 is 0. The van der Waals surface area contributed by atoms with E-state index in [0.717, 1.165) is 38.8 Å². The Hall–Kier alpha value is -0.120. The summed E-state index contributed by atoms with van der Waals surface area (Å²) < 4.78 is 5.52. The number of rotatable bonds is 7. The average Bonchev–Trinajstić information content (AvgIpc) is 2.36. The van der Waals surface area contributed by atoms with Crippen molar-refractivity contribution >= 4 is 0 Å². The van der Waals surface area contributed by atoms with Gasteiger partial charge in [0.1, 0.15) is 0 Å². The van der Waals surface area contributed by atoms with E-state index in [1.54, 1.807) is 0 Å². The lowest BCUT2D eigenvalue weighted by atomic mass is 9.69. The van der Waals surface area contributed by atoms with Gasteiger partial charge in [0.25, 0.3) is 0 Å². The first-order valence-electron chi connectivity index (χ1n) is 7.63. The van der Waals surface area contributed by atoms with Gasteiger partial charge in [0.15, 0.2) is 0 Å². The van der Waals surface area contributed by atoms with Gasteiger partial charge in [0, 0.05) is 25.2 Å². The minimum atomic E-state index is 0.207. The second kappa shape index (κ2) is 7.46. The normalized spacial score (nSPS) is 33.0. The van der Waals surface area contributed by atoms with Crippen LogP contribution in [0.4, 0.5) is 0 Å². The van der Waals surface area contributed by atoms with Crippen LogP contribution in [-0.2, 0) is 4.74 Å². The summed E-state index contributed by atoms with van der Waals surface area (Å²) in [5, 5.41) is 0. The van der Waals surface area contributed by atoms with Crippen molar-refractivity contribution in [2.24, 2.45) is 17.6 Å². The van der Waals surface area contributed by atoms with E-state index < -0.39 is 0 Å². The van der Waals surface area contributed by atoms with Gasteiger partial charge in [0.05, 0.1) is 6.61 Å². The number of likely N-dealkylation sites (N-methyl/N-ethyl adjacent to an activating group) is 1. The molecule has 1 rings (SSSR count). The first-order chi connectivity index (χ1) is 8.60. The molecular weight excluding hydrogens is 224 g/mol. The maximum atomic E-state index is 6.17. The van der Waals surface area contributed by atoms with Crippen LogP contribution < -0.4 is 5.73 Å². The zero-order valence-electron chi connectivity index (χ0n) is 12.7. The largest absolute Gasteiger partial charge is 0.380 e. The smallest absolute Gasteiger partial charge is 0.0593 e. The first-order valence-corrected chi connectivity index (χ1v) is 7.63. The van der Waals surface area contributed by atoms with Crippen molar-refractivity contribution in [2.75, 3.05) is 32.8 Å². The lowest BCUT2D eigenvalue weighted by Gasteiger charge is -2.51. The second-order valence-electron chi connectivity index (χ2n) is 5.86. The van der Waals surface area contributed by atoms with Gasteiger partial charge >= 0.3 is 0 Å². The molecule has 2 N–H and O–H groups in total. The summed E-state index contributed by atoms with van der Waals surface area (Å²) in [4.78, 5) is 2.57. The van der Waals surface area contributed by atoms with Gasteiger partial charge in [-0.25, -0.2) is 0 Å². The lowest BCUT2D eigenvalue weighted by Crippen LogP contribution is -2.60. The summed E-state index contributed by atoms with van der Waals surface area (Å²) in [7, 11) is 0. The van der Waals surface area contributed by atoms with Gasteiger partial charge in [-0.15, -0.1) is 0 Å². The van der Waals surface area contributed by atoms with Crippen LogP contribution in [0.2, 0.25) is 0 Å². The summed E-state index contributed by atoms with van der Waals surface area (Å²) in [6.45, 7) is 13.5.